The van der Waals surface area contributed by atoms with E-state index >= 15 is 0 Å². The fourth-order valence-corrected chi connectivity index (χ4v) is 4.89. The molecule has 1 N–H and O–H groups in total. The van der Waals surface area contributed by atoms with E-state index in [-0.39, 0.29) is 5.91 Å². The maximum Gasteiger partial charge on any atom is 0.255 e. The summed E-state index contributed by atoms with van der Waals surface area (Å²) in [7, 11) is 0. The summed E-state index contributed by atoms with van der Waals surface area (Å²) in [6.45, 7) is 9.55. The molecule has 0 aliphatic rings. The SMILES string of the molecule is CCCN(CCC)Cc1ccc(C(=O)Nc2ccc(C)c(N(c3cccnc3)c3nccs3)c2)cc1. The minimum absolute atomic E-state index is 0.127. The number of rotatable bonds is 11. The number of nitrogens with one attached hydrogen (secondary N) is 1. The number of pyridine rings is 1. The molecule has 2 aromatic heterocycles. The third-order valence-electron chi connectivity index (χ3n) is 5.92. The van der Waals surface area contributed by atoms with Crippen molar-refractivity contribution in [3.05, 3.63) is 95.3 Å². The Morgan fingerprint density at radius 2 is 1.78 bits per heavy atom. The van der Waals surface area contributed by atoms with Gasteiger partial charge in [-0.05, 0) is 80.4 Å². The minimum atomic E-state index is -0.127. The zero-order valence-electron chi connectivity index (χ0n) is 21.1. The maximum atomic E-state index is 13.1. The van der Waals surface area contributed by atoms with Gasteiger partial charge in [-0.15, -0.1) is 11.3 Å². The Kier molecular flexibility index (Phi) is 8.81. The minimum Gasteiger partial charge on any atom is -0.322 e. The predicted molar refractivity (Wildman–Crippen MR) is 150 cm³/mol. The van der Waals surface area contributed by atoms with E-state index in [4.69, 9.17) is 0 Å². The van der Waals surface area contributed by atoms with E-state index < -0.39 is 0 Å². The summed E-state index contributed by atoms with van der Waals surface area (Å²) in [5.74, 6) is -0.127. The molecule has 0 atom stereocenters. The van der Waals surface area contributed by atoms with Gasteiger partial charge in [-0.3, -0.25) is 19.6 Å². The van der Waals surface area contributed by atoms with E-state index in [9.17, 15) is 4.79 Å². The number of benzene rings is 2. The lowest BCUT2D eigenvalue weighted by Crippen LogP contribution is -2.24. The summed E-state index contributed by atoms with van der Waals surface area (Å²) in [4.78, 5) is 26.4. The molecule has 186 valence electrons. The van der Waals surface area contributed by atoms with Crippen LogP contribution in [-0.4, -0.2) is 33.9 Å². The van der Waals surface area contributed by atoms with Crippen LogP contribution in [0, 0.1) is 6.92 Å². The Bertz CT molecular complexity index is 1240. The van der Waals surface area contributed by atoms with Gasteiger partial charge in [-0.2, -0.15) is 0 Å². The van der Waals surface area contributed by atoms with Crippen LogP contribution in [0.1, 0.15) is 48.2 Å². The average molecular weight is 500 g/mol. The molecule has 2 aromatic carbocycles. The Labute approximate surface area is 217 Å². The Hall–Kier alpha value is -3.55. The highest BCUT2D eigenvalue weighted by Gasteiger charge is 2.18. The van der Waals surface area contributed by atoms with E-state index in [0.717, 1.165) is 60.2 Å². The van der Waals surface area contributed by atoms with Gasteiger partial charge in [0.15, 0.2) is 5.13 Å². The number of hydrogen-bond acceptors (Lipinski definition) is 6. The molecule has 4 aromatic rings. The van der Waals surface area contributed by atoms with Crippen molar-refractivity contribution in [2.75, 3.05) is 23.3 Å². The molecule has 36 heavy (non-hydrogen) atoms. The molecule has 0 aliphatic carbocycles. The van der Waals surface area contributed by atoms with Crippen molar-refractivity contribution in [2.24, 2.45) is 0 Å². The van der Waals surface area contributed by atoms with Gasteiger partial charge in [0, 0.05) is 35.6 Å². The molecule has 0 spiro atoms. The lowest BCUT2D eigenvalue weighted by atomic mass is 10.1. The van der Waals surface area contributed by atoms with Gasteiger partial charge in [0.2, 0.25) is 0 Å². The molecule has 4 rings (SSSR count). The number of amides is 1. The molecule has 0 saturated heterocycles. The van der Waals surface area contributed by atoms with Crippen molar-refractivity contribution < 1.29 is 4.79 Å². The van der Waals surface area contributed by atoms with Crippen LogP contribution in [0.4, 0.5) is 22.2 Å². The fraction of sp³-hybridized carbons (Fsp3) is 0.276. The molecular weight excluding hydrogens is 466 g/mol. The van der Waals surface area contributed by atoms with Crippen molar-refractivity contribution >= 4 is 39.4 Å². The van der Waals surface area contributed by atoms with Gasteiger partial charge >= 0.3 is 0 Å². The van der Waals surface area contributed by atoms with Crippen molar-refractivity contribution in [3.8, 4) is 0 Å². The summed E-state index contributed by atoms with van der Waals surface area (Å²) < 4.78 is 0. The second-order valence-electron chi connectivity index (χ2n) is 8.79. The molecule has 2 heterocycles. The number of thiazole rings is 1. The highest BCUT2D eigenvalue weighted by atomic mass is 32.1. The van der Waals surface area contributed by atoms with Crippen molar-refractivity contribution in [2.45, 2.75) is 40.2 Å². The molecule has 0 unspecified atom stereocenters. The lowest BCUT2D eigenvalue weighted by molar-refractivity contribution is 0.102. The van der Waals surface area contributed by atoms with E-state index in [0.29, 0.717) is 5.56 Å². The Morgan fingerprint density at radius 3 is 2.42 bits per heavy atom. The Balaban J connectivity index is 1.53. The van der Waals surface area contributed by atoms with Crippen LogP contribution in [-0.2, 0) is 6.54 Å². The summed E-state index contributed by atoms with van der Waals surface area (Å²) in [5.41, 5.74) is 5.52. The van der Waals surface area contributed by atoms with E-state index in [2.05, 4.69) is 58.0 Å². The number of carbonyl (C=O) groups excluding carboxylic acids is 1. The fourth-order valence-electron chi connectivity index (χ4n) is 4.22. The monoisotopic (exact) mass is 499 g/mol. The number of hydrogen-bond donors (Lipinski definition) is 1. The second kappa shape index (κ2) is 12.4. The topological polar surface area (TPSA) is 61.4 Å². The first kappa shape index (κ1) is 25.5. The van der Waals surface area contributed by atoms with Crippen LogP contribution < -0.4 is 10.2 Å². The van der Waals surface area contributed by atoms with E-state index in [1.165, 1.54) is 5.56 Å². The predicted octanol–water partition coefficient (Wildman–Crippen LogP) is 7.19. The molecule has 7 heteroatoms. The standard InChI is InChI=1S/C29H33N5OS/c1-4-16-33(17-5-2)21-23-9-11-24(12-10-23)28(35)32-25-13-8-22(3)27(19-25)34(29-31-15-18-36-29)26-7-6-14-30-20-26/h6-15,18-20H,4-5,16-17,21H2,1-3H3,(H,32,35). The summed E-state index contributed by atoms with van der Waals surface area (Å²) in [5, 5.41) is 5.86. The van der Waals surface area contributed by atoms with Gasteiger partial charge in [-0.1, -0.05) is 32.0 Å². The van der Waals surface area contributed by atoms with Gasteiger partial charge in [0.25, 0.3) is 5.91 Å². The third kappa shape index (κ3) is 6.36. The van der Waals surface area contributed by atoms with Crippen LogP contribution in [0.5, 0.6) is 0 Å². The molecule has 1 amide bonds. The van der Waals surface area contributed by atoms with Crippen LogP contribution >= 0.6 is 11.3 Å². The average Bonchev–Trinajstić information content (AvgIpc) is 3.42. The second-order valence-corrected chi connectivity index (χ2v) is 9.66. The first-order valence-corrected chi connectivity index (χ1v) is 13.3. The number of aromatic nitrogens is 2. The quantitative estimate of drug-likeness (QED) is 0.237. The van der Waals surface area contributed by atoms with Crippen LogP contribution in [0.3, 0.4) is 0 Å². The normalized spacial score (nSPS) is 11.0. The number of carbonyl (C=O) groups is 1. The van der Waals surface area contributed by atoms with Crippen LogP contribution in [0.2, 0.25) is 0 Å². The Morgan fingerprint density at radius 1 is 1.00 bits per heavy atom. The zero-order valence-corrected chi connectivity index (χ0v) is 22.0. The van der Waals surface area contributed by atoms with Gasteiger partial charge in [-0.25, -0.2) is 4.98 Å². The van der Waals surface area contributed by atoms with E-state index in [1.54, 1.807) is 23.7 Å². The highest BCUT2D eigenvalue weighted by Crippen LogP contribution is 2.38. The molecular formula is C29H33N5OS. The molecule has 0 radical (unpaired) electrons. The lowest BCUT2D eigenvalue weighted by Gasteiger charge is -2.24. The van der Waals surface area contributed by atoms with Crippen molar-refractivity contribution in [1.82, 2.24) is 14.9 Å². The maximum absolute atomic E-state index is 13.1. The molecule has 0 fully saturated rings. The number of nitrogens with zero attached hydrogens (tertiary/aromatic N) is 4. The van der Waals surface area contributed by atoms with Gasteiger partial charge < -0.3 is 5.32 Å². The first-order valence-electron chi connectivity index (χ1n) is 12.4. The first-order chi connectivity index (χ1) is 17.6. The van der Waals surface area contributed by atoms with Gasteiger partial charge in [0.05, 0.1) is 17.6 Å². The third-order valence-corrected chi connectivity index (χ3v) is 6.68. The van der Waals surface area contributed by atoms with Crippen LogP contribution in [0.25, 0.3) is 0 Å². The van der Waals surface area contributed by atoms with Gasteiger partial charge in [0.1, 0.15) is 0 Å². The highest BCUT2D eigenvalue weighted by molar-refractivity contribution is 7.13. The molecule has 0 saturated carbocycles. The largest absolute Gasteiger partial charge is 0.322 e. The zero-order chi connectivity index (χ0) is 25.3. The summed E-state index contributed by atoms with van der Waals surface area (Å²) in [6, 6.07) is 17.8. The van der Waals surface area contributed by atoms with Crippen molar-refractivity contribution in [1.29, 1.82) is 0 Å². The smallest absolute Gasteiger partial charge is 0.255 e. The summed E-state index contributed by atoms with van der Waals surface area (Å²) >= 11 is 1.55. The number of aryl methyl sites for hydroxylation is 1. The van der Waals surface area contributed by atoms with E-state index in [1.807, 2.05) is 54.0 Å². The van der Waals surface area contributed by atoms with Crippen LogP contribution in [0.15, 0.2) is 78.6 Å². The molecule has 6 nitrogen and oxygen atoms in total. The summed E-state index contributed by atoms with van der Waals surface area (Å²) in [6.07, 6.45) is 7.64. The number of anilines is 4. The molecule has 0 aliphatic heterocycles. The van der Waals surface area contributed by atoms with Crippen molar-refractivity contribution in [3.63, 3.8) is 0 Å². The molecule has 0 bridgehead atoms.